The predicted molar refractivity (Wildman–Crippen MR) is 92.6 cm³/mol. The highest BCUT2D eigenvalue weighted by atomic mass is 15.4. The summed E-state index contributed by atoms with van der Waals surface area (Å²) < 4.78 is 1.98. The van der Waals surface area contributed by atoms with Crippen molar-refractivity contribution in [1.29, 1.82) is 0 Å². The normalized spacial score (nSPS) is 12.2. The lowest BCUT2D eigenvalue weighted by Gasteiger charge is -2.03. The van der Waals surface area contributed by atoms with Gasteiger partial charge in [0.25, 0.3) is 0 Å². The van der Waals surface area contributed by atoms with Crippen molar-refractivity contribution in [3.63, 3.8) is 0 Å². The second kappa shape index (κ2) is 5.24. The average Bonchev–Trinajstić information content (AvgIpc) is 3.17. The minimum absolute atomic E-state index is 0.702. The van der Waals surface area contributed by atoms with E-state index in [4.69, 9.17) is 0 Å². The molecule has 0 aliphatic heterocycles. The van der Waals surface area contributed by atoms with Crippen molar-refractivity contribution in [3.8, 4) is 0 Å². The maximum atomic E-state index is 4.58. The molecule has 0 amide bonds. The smallest absolute Gasteiger partial charge is 0.224 e. The number of nitrogens with one attached hydrogen (secondary N) is 2. The van der Waals surface area contributed by atoms with Gasteiger partial charge in [0.2, 0.25) is 5.95 Å². The lowest BCUT2D eigenvalue weighted by Crippen LogP contribution is -2.05. The number of hydrogen-bond acceptors (Lipinski definition) is 4. The maximum absolute atomic E-state index is 4.58. The van der Waals surface area contributed by atoms with Crippen LogP contribution in [0.1, 0.15) is 12.6 Å². The van der Waals surface area contributed by atoms with Gasteiger partial charge in [0.1, 0.15) is 0 Å². The van der Waals surface area contributed by atoms with Gasteiger partial charge in [-0.15, -0.1) is 0 Å². The number of fused-ring (bicyclic) bond motifs is 2. The Kier molecular flexibility index (Phi) is 3.08. The Balaban J connectivity index is 1.64. The summed E-state index contributed by atoms with van der Waals surface area (Å²) in [6.45, 7) is 1.93. The number of hydrazone groups is 1. The van der Waals surface area contributed by atoms with Gasteiger partial charge in [-0.25, -0.2) is 15.4 Å². The molecule has 0 fully saturated rings. The van der Waals surface area contributed by atoms with Gasteiger partial charge < -0.3 is 9.55 Å². The van der Waals surface area contributed by atoms with Crippen LogP contribution in [0, 0.1) is 0 Å². The number of rotatable bonds is 3. The van der Waals surface area contributed by atoms with Gasteiger partial charge in [-0.2, -0.15) is 5.10 Å². The van der Waals surface area contributed by atoms with E-state index >= 15 is 0 Å². The van der Waals surface area contributed by atoms with E-state index in [-0.39, 0.29) is 0 Å². The summed E-state index contributed by atoms with van der Waals surface area (Å²) in [6.07, 6.45) is 1.88. The number of nitrogens with zero attached hydrogens (tertiary/aromatic N) is 4. The van der Waals surface area contributed by atoms with Crippen LogP contribution in [0.25, 0.3) is 22.1 Å². The van der Waals surface area contributed by atoms with E-state index < -0.39 is 0 Å². The molecule has 0 radical (unpaired) electrons. The highest BCUT2D eigenvalue weighted by Gasteiger charge is 2.07. The molecule has 0 atom stereocenters. The Morgan fingerprint density at radius 2 is 1.96 bits per heavy atom. The van der Waals surface area contributed by atoms with E-state index in [0.29, 0.717) is 5.95 Å². The highest BCUT2D eigenvalue weighted by Crippen LogP contribution is 2.17. The van der Waals surface area contributed by atoms with Gasteiger partial charge in [-0.1, -0.05) is 12.1 Å². The van der Waals surface area contributed by atoms with Gasteiger partial charge in [-0.05, 0) is 37.3 Å². The van der Waals surface area contributed by atoms with Gasteiger partial charge >= 0.3 is 0 Å². The van der Waals surface area contributed by atoms with Crippen molar-refractivity contribution < 1.29 is 0 Å². The first-order chi connectivity index (χ1) is 11.2. The summed E-state index contributed by atoms with van der Waals surface area (Å²) in [4.78, 5) is 12.3. The Bertz CT molecular complexity index is 1020. The molecule has 114 valence electrons. The molecule has 6 nitrogen and oxygen atoms in total. The Hall–Kier alpha value is -3.15. The van der Waals surface area contributed by atoms with Crippen LogP contribution >= 0.6 is 0 Å². The van der Waals surface area contributed by atoms with Crippen molar-refractivity contribution in [1.82, 2.24) is 19.5 Å². The third kappa shape index (κ3) is 2.34. The Morgan fingerprint density at radius 3 is 2.83 bits per heavy atom. The molecule has 23 heavy (non-hydrogen) atoms. The first-order valence-electron chi connectivity index (χ1n) is 7.38. The summed E-state index contributed by atoms with van der Waals surface area (Å²) >= 11 is 0. The van der Waals surface area contributed by atoms with Crippen molar-refractivity contribution in [2.45, 2.75) is 6.92 Å². The van der Waals surface area contributed by atoms with Crippen LogP contribution in [0.5, 0.6) is 0 Å². The molecule has 0 saturated carbocycles. The van der Waals surface area contributed by atoms with Crippen LogP contribution in [0.4, 0.5) is 5.95 Å². The number of aryl methyl sites for hydroxylation is 1. The number of para-hydroxylation sites is 2. The SMILES string of the molecule is C/C(=N\Nc1nc2ccccc2n1C)c1ccc2[nH]ccc2n1. The predicted octanol–water partition coefficient (Wildman–Crippen LogP) is 3.29. The number of anilines is 1. The van der Waals surface area contributed by atoms with Crippen molar-refractivity contribution >= 4 is 33.7 Å². The number of benzene rings is 1. The fourth-order valence-corrected chi connectivity index (χ4v) is 2.57. The average molecular weight is 304 g/mol. The van der Waals surface area contributed by atoms with E-state index in [1.165, 1.54) is 0 Å². The fraction of sp³-hybridized carbons (Fsp3) is 0.118. The first kappa shape index (κ1) is 13.5. The second-order valence-corrected chi connectivity index (χ2v) is 5.40. The maximum Gasteiger partial charge on any atom is 0.224 e. The number of imidazole rings is 1. The molecule has 0 saturated heterocycles. The molecule has 0 spiro atoms. The van der Waals surface area contributed by atoms with Gasteiger partial charge in [-0.3, -0.25) is 0 Å². The second-order valence-electron chi connectivity index (χ2n) is 5.40. The zero-order chi connectivity index (χ0) is 15.8. The van der Waals surface area contributed by atoms with Crippen LogP contribution in [-0.4, -0.2) is 25.2 Å². The molecule has 0 aliphatic rings. The standard InChI is InChI=1S/C17H16N6/c1-11(12-7-8-13-14(19-12)9-10-18-13)21-22-17-20-15-5-3-4-6-16(15)23(17)2/h3-10,18H,1-2H3,(H,20,22)/b21-11+. The van der Waals surface area contributed by atoms with Gasteiger partial charge in [0, 0.05) is 13.2 Å². The number of aromatic amines is 1. The zero-order valence-electron chi connectivity index (χ0n) is 12.9. The molecule has 4 aromatic rings. The first-order valence-corrected chi connectivity index (χ1v) is 7.38. The molecule has 0 unspecified atom stereocenters. The topological polar surface area (TPSA) is 70.9 Å². The summed E-state index contributed by atoms with van der Waals surface area (Å²) in [5.74, 6) is 0.702. The van der Waals surface area contributed by atoms with Crippen LogP contribution in [0.3, 0.4) is 0 Å². The molecule has 1 aromatic carbocycles. The quantitative estimate of drug-likeness (QED) is 0.451. The van der Waals surface area contributed by atoms with Gasteiger partial charge in [0.15, 0.2) is 0 Å². The monoisotopic (exact) mass is 304 g/mol. The number of pyridine rings is 1. The lowest BCUT2D eigenvalue weighted by molar-refractivity contribution is 0.942. The molecule has 0 bridgehead atoms. The Labute approximate surface area is 132 Å². The Morgan fingerprint density at radius 1 is 1.09 bits per heavy atom. The molecular weight excluding hydrogens is 288 g/mol. The number of H-pyrrole nitrogens is 1. The minimum atomic E-state index is 0.702. The molecule has 3 aromatic heterocycles. The molecule has 2 N–H and O–H groups in total. The van der Waals surface area contributed by atoms with Crippen LogP contribution in [0.15, 0.2) is 53.8 Å². The van der Waals surface area contributed by atoms with Crippen molar-refractivity contribution in [3.05, 3.63) is 54.4 Å². The van der Waals surface area contributed by atoms with Crippen LogP contribution in [0.2, 0.25) is 0 Å². The molecule has 3 heterocycles. The van der Waals surface area contributed by atoms with Crippen molar-refractivity contribution in [2.24, 2.45) is 12.1 Å². The van der Waals surface area contributed by atoms with Crippen LogP contribution < -0.4 is 5.43 Å². The lowest BCUT2D eigenvalue weighted by atomic mass is 10.2. The van der Waals surface area contributed by atoms with Crippen molar-refractivity contribution in [2.75, 3.05) is 5.43 Å². The van der Waals surface area contributed by atoms with E-state index in [0.717, 1.165) is 33.5 Å². The van der Waals surface area contributed by atoms with E-state index in [9.17, 15) is 0 Å². The molecule has 4 rings (SSSR count). The summed E-state index contributed by atoms with van der Waals surface area (Å²) in [6, 6.07) is 13.9. The van der Waals surface area contributed by atoms with Crippen LogP contribution in [-0.2, 0) is 7.05 Å². The van der Waals surface area contributed by atoms with Gasteiger partial charge in [0.05, 0.1) is 33.5 Å². The van der Waals surface area contributed by atoms with E-state index in [2.05, 4.69) is 25.5 Å². The zero-order valence-corrected chi connectivity index (χ0v) is 12.9. The summed E-state index contributed by atoms with van der Waals surface area (Å²) in [5, 5.41) is 4.42. The fourth-order valence-electron chi connectivity index (χ4n) is 2.57. The summed E-state index contributed by atoms with van der Waals surface area (Å²) in [7, 11) is 1.96. The number of aromatic nitrogens is 4. The highest BCUT2D eigenvalue weighted by molar-refractivity contribution is 5.98. The summed E-state index contributed by atoms with van der Waals surface area (Å²) in [5.41, 5.74) is 8.63. The molecular formula is C17H16N6. The van der Waals surface area contributed by atoms with E-state index in [1.807, 2.05) is 67.2 Å². The van der Waals surface area contributed by atoms with E-state index in [1.54, 1.807) is 0 Å². The molecule has 6 heteroatoms. The minimum Gasteiger partial charge on any atom is -0.360 e. The largest absolute Gasteiger partial charge is 0.360 e. The third-order valence-corrected chi connectivity index (χ3v) is 3.89. The number of hydrogen-bond donors (Lipinski definition) is 2. The third-order valence-electron chi connectivity index (χ3n) is 3.89. The molecule has 0 aliphatic carbocycles.